The largest absolute Gasteiger partial charge is 0.334 e. The van der Waals surface area contributed by atoms with E-state index in [-0.39, 0.29) is 6.03 Å². The Balaban J connectivity index is 1.78. The van der Waals surface area contributed by atoms with Crippen molar-refractivity contribution in [3.63, 3.8) is 0 Å². The number of nitrogens with one attached hydrogen (secondary N) is 1. The molecule has 1 atom stereocenters. The molecule has 4 rings (SSSR count). The van der Waals surface area contributed by atoms with Crippen molar-refractivity contribution in [2.75, 3.05) is 6.54 Å². The fourth-order valence-corrected chi connectivity index (χ4v) is 4.25. The van der Waals surface area contributed by atoms with Crippen molar-refractivity contribution in [1.82, 2.24) is 20.4 Å². The van der Waals surface area contributed by atoms with Gasteiger partial charge in [-0.1, -0.05) is 72.4 Å². The number of nitrogens with zero attached hydrogens (tertiary/aromatic N) is 3. The maximum atomic E-state index is 13.0. The molecule has 1 N–H and O–H groups in total. The minimum absolute atomic E-state index is 0.151. The van der Waals surface area contributed by atoms with Crippen LogP contribution < -0.4 is 5.32 Å². The quantitative estimate of drug-likeness (QED) is 0.388. The summed E-state index contributed by atoms with van der Waals surface area (Å²) in [6.45, 7) is 4.67. The summed E-state index contributed by atoms with van der Waals surface area (Å²) in [6, 6.07) is 14.1. The minimum atomic E-state index is -0.462. The van der Waals surface area contributed by atoms with Crippen molar-refractivity contribution >= 4 is 34.8 Å². The zero-order valence-corrected chi connectivity index (χ0v) is 19.5. The minimum Gasteiger partial charge on any atom is -0.334 e. The van der Waals surface area contributed by atoms with Gasteiger partial charge in [-0.2, -0.15) is 4.98 Å². The van der Waals surface area contributed by atoms with E-state index in [2.05, 4.69) is 22.4 Å². The molecule has 3 aromatic rings. The van der Waals surface area contributed by atoms with Crippen molar-refractivity contribution in [2.24, 2.45) is 0 Å². The Bertz CT molecular complexity index is 1160. The number of aromatic nitrogens is 2. The van der Waals surface area contributed by atoms with Gasteiger partial charge in [0.05, 0.1) is 11.6 Å². The van der Waals surface area contributed by atoms with Crippen LogP contribution in [0.1, 0.15) is 50.6 Å². The average Bonchev–Trinajstić information content (AvgIpc) is 3.25. The van der Waals surface area contributed by atoms with Crippen LogP contribution in [-0.2, 0) is 0 Å². The van der Waals surface area contributed by atoms with Crippen molar-refractivity contribution in [3.05, 3.63) is 75.7 Å². The highest BCUT2D eigenvalue weighted by atomic mass is 35.5. The molecule has 8 heteroatoms. The van der Waals surface area contributed by atoms with E-state index in [0.717, 1.165) is 41.7 Å². The summed E-state index contributed by atoms with van der Waals surface area (Å²) in [5, 5.41) is 8.44. The number of carbonyl (C=O) groups is 1. The highest BCUT2D eigenvalue weighted by Crippen LogP contribution is 2.38. The molecule has 0 radical (unpaired) electrons. The van der Waals surface area contributed by atoms with Crippen molar-refractivity contribution in [3.8, 4) is 11.4 Å². The Morgan fingerprint density at radius 1 is 1.09 bits per heavy atom. The first-order chi connectivity index (χ1) is 15.5. The Morgan fingerprint density at radius 3 is 2.56 bits per heavy atom. The number of allylic oxidation sites excluding steroid dienone is 1. The van der Waals surface area contributed by atoms with Gasteiger partial charge >= 0.3 is 6.03 Å². The lowest BCUT2D eigenvalue weighted by molar-refractivity contribution is 0.204. The Kier molecular flexibility index (Phi) is 6.82. The predicted octanol–water partition coefficient (Wildman–Crippen LogP) is 6.73. The van der Waals surface area contributed by atoms with Gasteiger partial charge in [0.25, 0.3) is 5.89 Å². The van der Waals surface area contributed by atoms with Crippen molar-refractivity contribution in [1.29, 1.82) is 0 Å². The summed E-state index contributed by atoms with van der Waals surface area (Å²) in [4.78, 5) is 19.4. The second kappa shape index (κ2) is 9.76. The van der Waals surface area contributed by atoms with Crippen LogP contribution >= 0.6 is 23.2 Å². The van der Waals surface area contributed by atoms with Crippen LogP contribution in [0.2, 0.25) is 10.0 Å². The maximum absolute atomic E-state index is 13.0. The van der Waals surface area contributed by atoms with Gasteiger partial charge in [-0.05, 0) is 43.2 Å². The van der Waals surface area contributed by atoms with Crippen LogP contribution in [0.3, 0.4) is 0 Å². The first-order valence-electron chi connectivity index (χ1n) is 10.6. The van der Waals surface area contributed by atoms with Gasteiger partial charge in [-0.3, -0.25) is 4.90 Å². The van der Waals surface area contributed by atoms with Gasteiger partial charge in [0, 0.05) is 27.9 Å². The third-order valence-electron chi connectivity index (χ3n) is 5.50. The predicted molar refractivity (Wildman–Crippen MR) is 126 cm³/mol. The summed E-state index contributed by atoms with van der Waals surface area (Å²) < 4.78 is 5.69. The van der Waals surface area contributed by atoms with E-state index in [9.17, 15) is 4.79 Å². The Hall–Kier alpha value is -2.83. The van der Waals surface area contributed by atoms with E-state index in [1.165, 1.54) is 0 Å². The maximum Gasteiger partial charge on any atom is 0.322 e. The number of carbonyl (C=O) groups excluding carboxylic acids is 1. The first kappa shape index (κ1) is 22.4. The van der Waals surface area contributed by atoms with Gasteiger partial charge in [-0.15, -0.1) is 0 Å². The van der Waals surface area contributed by atoms with Crippen molar-refractivity contribution < 1.29 is 9.32 Å². The van der Waals surface area contributed by atoms with Gasteiger partial charge < -0.3 is 9.84 Å². The van der Waals surface area contributed by atoms with Gasteiger partial charge in [0.1, 0.15) is 0 Å². The van der Waals surface area contributed by atoms with Gasteiger partial charge in [-0.25, -0.2) is 4.79 Å². The molecule has 0 aliphatic carbocycles. The van der Waals surface area contributed by atoms with Crippen LogP contribution in [0.4, 0.5) is 4.79 Å². The second-order valence-electron chi connectivity index (χ2n) is 7.73. The number of rotatable bonds is 7. The molecular weight excluding hydrogens is 447 g/mol. The topological polar surface area (TPSA) is 71.3 Å². The van der Waals surface area contributed by atoms with Crippen LogP contribution in [0.5, 0.6) is 0 Å². The summed E-state index contributed by atoms with van der Waals surface area (Å²) in [5.74, 6) is 0.782. The Morgan fingerprint density at radius 2 is 1.84 bits per heavy atom. The number of urea groups is 1. The van der Waals surface area contributed by atoms with E-state index in [4.69, 9.17) is 27.7 Å². The van der Waals surface area contributed by atoms with E-state index in [1.807, 2.05) is 37.3 Å². The average molecular weight is 471 g/mol. The van der Waals surface area contributed by atoms with Crippen LogP contribution in [-0.4, -0.2) is 27.6 Å². The van der Waals surface area contributed by atoms with Gasteiger partial charge in [0.2, 0.25) is 5.82 Å². The number of hydrogen-bond acceptors (Lipinski definition) is 4. The van der Waals surface area contributed by atoms with Crippen LogP contribution in [0.15, 0.2) is 58.8 Å². The standard InChI is InChI=1S/C24H24Cl2N4O2/c1-3-4-5-12-30-15(2)20(21(27-24(30)31)16-8-6-10-18(25)13-16)23-28-22(29-32-23)17-9-7-11-19(26)14-17/h6-11,13-14,21H,3-5,12H2,1-2H3,(H,27,31). The van der Waals surface area contributed by atoms with E-state index >= 15 is 0 Å². The van der Waals surface area contributed by atoms with E-state index in [0.29, 0.717) is 28.3 Å². The molecule has 0 spiro atoms. The number of unbranched alkanes of at least 4 members (excludes halogenated alkanes) is 2. The lowest BCUT2D eigenvalue weighted by atomic mass is 9.94. The molecule has 0 fully saturated rings. The molecule has 1 unspecified atom stereocenters. The molecule has 32 heavy (non-hydrogen) atoms. The normalized spacial score (nSPS) is 16.4. The number of hydrogen-bond donors (Lipinski definition) is 1. The zero-order valence-electron chi connectivity index (χ0n) is 17.9. The fourth-order valence-electron chi connectivity index (χ4n) is 3.86. The summed E-state index contributed by atoms with van der Waals surface area (Å²) >= 11 is 12.4. The molecular formula is C24H24Cl2N4O2. The zero-order chi connectivity index (χ0) is 22.7. The lowest BCUT2D eigenvalue weighted by Gasteiger charge is -2.35. The number of halogens is 2. The van der Waals surface area contributed by atoms with E-state index in [1.54, 1.807) is 23.1 Å². The smallest absolute Gasteiger partial charge is 0.322 e. The Labute approximate surface area is 197 Å². The summed E-state index contributed by atoms with van der Waals surface area (Å²) in [5.41, 5.74) is 3.14. The molecule has 0 saturated carbocycles. The molecule has 166 valence electrons. The SMILES string of the molecule is CCCCCN1C(=O)NC(c2cccc(Cl)c2)C(c2nc(-c3cccc(Cl)c3)no2)=C1C. The first-order valence-corrected chi connectivity index (χ1v) is 11.4. The molecule has 2 aromatic carbocycles. The summed E-state index contributed by atoms with van der Waals surface area (Å²) in [7, 11) is 0. The molecule has 1 aliphatic rings. The third-order valence-corrected chi connectivity index (χ3v) is 5.97. The highest BCUT2D eigenvalue weighted by molar-refractivity contribution is 6.31. The molecule has 2 amide bonds. The summed E-state index contributed by atoms with van der Waals surface area (Å²) in [6.07, 6.45) is 3.03. The van der Waals surface area contributed by atoms with Crippen LogP contribution in [0.25, 0.3) is 17.0 Å². The van der Waals surface area contributed by atoms with Crippen molar-refractivity contribution in [2.45, 2.75) is 39.2 Å². The highest BCUT2D eigenvalue weighted by Gasteiger charge is 2.35. The molecule has 1 aliphatic heterocycles. The molecule has 0 saturated heterocycles. The molecule has 0 bridgehead atoms. The van der Waals surface area contributed by atoms with Gasteiger partial charge in [0.15, 0.2) is 0 Å². The lowest BCUT2D eigenvalue weighted by Crippen LogP contribution is -2.46. The monoisotopic (exact) mass is 470 g/mol. The van der Waals surface area contributed by atoms with E-state index < -0.39 is 6.04 Å². The van der Waals surface area contributed by atoms with Crippen LogP contribution in [0, 0.1) is 0 Å². The second-order valence-corrected chi connectivity index (χ2v) is 8.60. The fraction of sp³-hybridized carbons (Fsp3) is 0.292. The number of benzene rings is 2. The molecule has 1 aromatic heterocycles. The molecule has 2 heterocycles. The molecule has 6 nitrogen and oxygen atoms in total. The number of amides is 2. The third kappa shape index (κ3) is 4.66.